The fourth-order valence-electron chi connectivity index (χ4n) is 4.25. The molecule has 0 aromatic heterocycles. The van der Waals surface area contributed by atoms with E-state index in [0.29, 0.717) is 5.92 Å². The lowest BCUT2D eigenvalue weighted by Crippen LogP contribution is -2.19. The SMILES string of the molecule is CC(CO)CC1CCC(O)[C@H]1c1ccc(F)cc1.CCc1ccc(OC)c(C)c1.CN(C)C=O. The largest absolute Gasteiger partial charge is 0.496 e. The van der Waals surface area contributed by atoms with Gasteiger partial charge in [0.15, 0.2) is 0 Å². The summed E-state index contributed by atoms with van der Waals surface area (Å²) in [7, 11) is 5.08. The van der Waals surface area contributed by atoms with Crippen LogP contribution in [0.25, 0.3) is 0 Å². The maximum atomic E-state index is 12.9. The van der Waals surface area contributed by atoms with E-state index in [-0.39, 0.29) is 30.4 Å². The summed E-state index contributed by atoms with van der Waals surface area (Å²) in [5, 5.41) is 19.3. The minimum absolute atomic E-state index is 0.0830. The summed E-state index contributed by atoms with van der Waals surface area (Å²) in [5.74, 6) is 1.45. The van der Waals surface area contributed by atoms with Crippen molar-refractivity contribution in [1.29, 1.82) is 0 Å². The van der Waals surface area contributed by atoms with Crippen molar-refractivity contribution in [3.8, 4) is 5.75 Å². The van der Waals surface area contributed by atoms with Crippen LogP contribution in [0.3, 0.4) is 0 Å². The number of rotatable bonds is 7. The molecule has 2 N–H and O–H groups in total. The average Bonchev–Trinajstić information content (AvgIpc) is 3.19. The van der Waals surface area contributed by atoms with Crippen LogP contribution >= 0.6 is 0 Å². The Balaban J connectivity index is 0.000000307. The van der Waals surface area contributed by atoms with Crippen LogP contribution in [0.2, 0.25) is 0 Å². The third-order valence-corrected chi connectivity index (χ3v) is 6.11. The number of nitrogens with zero attached hydrogens (tertiary/aromatic N) is 1. The average molecular weight is 476 g/mol. The van der Waals surface area contributed by atoms with Crippen LogP contribution in [0.5, 0.6) is 5.75 Å². The van der Waals surface area contributed by atoms with Crippen molar-refractivity contribution in [2.45, 2.75) is 58.5 Å². The quantitative estimate of drug-likeness (QED) is 0.555. The highest BCUT2D eigenvalue weighted by atomic mass is 19.1. The topological polar surface area (TPSA) is 70.0 Å². The van der Waals surface area contributed by atoms with Crippen LogP contribution in [0.4, 0.5) is 4.39 Å². The fraction of sp³-hybridized carbons (Fsp3) is 0.536. The van der Waals surface area contributed by atoms with Gasteiger partial charge in [-0.15, -0.1) is 0 Å². The molecular formula is C28H42FNO4. The Labute approximate surface area is 204 Å². The van der Waals surface area contributed by atoms with Crippen LogP contribution in [0.1, 0.15) is 55.7 Å². The van der Waals surface area contributed by atoms with Crippen molar-refractivity contribution < 1.29 is 24.1 Å². The van der Waals surface area contributed by atoms with Gasteiger partial charge in [-0.3, -0.25) is 4.79 Å². The van der Waals surface area contributed by atoms with Crippen LogP contribution in [0, 0.1) is 24.6 Å². The molecule has 34 heavy (non-hydrogen) atoms. The van der Waals surface area contributed by atoms with E-state index in [1.165, 1.54) is 28.2 Å². The molecule has 0 radical (unpaired) electrons. The first kappa shape index (κ1) is 29.6. The molecule has 3 unspecified atom stereocenters. The van der Waals surface area contributed by atoms with E-state index in [4.69, 9.17) is 9.84 Å². The van der Waals surface area contributed by atoms with Gasteiger partial charge in [-0.2, -0.15) is 0 Å². The predicted octanol–water partition coefficient (Wildman–Crippen LogP) is 4.97. The number of carbonyl (C=O) groups excluding carboxylic acids is 1. The van der Waals surface area contributed by atoms with Gasteiger partial charge in [0.25, 0.3) is 0 Å². The van der Waals surface area contributed by atoms with Gasteiger partial charge in [-0.1, -0.05) is 38.1 Å². The highest BCUT2D eigenvalue weighted by Crippen LogP contribution is 2.43. The van der Waals surface area contributed by atoms with Crippen LogP contribution < -0.4 is 4.74 Å². The van der Waals surface area contributed by atoms with E-state index in [9.17, 15) is 14.3 Å². The lowest BCUT2D eigenvalue weighted by atomic mass is 9.82. The van der Waals surface area contributed by atoms with Gasteiger partial charge in [0.2, 0.25) is 6.41 Å². The number of benzene rings is 2. The number of aliphatic hydroxyl groups is 2. The monoisotopic (exact) mass is 475 g/mol. The summed E-state index contributed by atoms with van der Waals surface area (Å²) in [4.78, 5) is 10.9. The number of methoxy groups -OCH3 is 1. The van der Waals surface area contributed by atoms with Crippen molar-refractivity contribution in [3.05, 3.63) is 65.0 Å². The predicted molar refractivity (Wildman–Crippen MR) is 136 cm³/mol. The summed E-state index contributed by atoms with van der Waals surface area (Å²) >= 11 is 0. The lowest BCUT2D eigenvalue weighted by molar-refractivity contribution is -0.115. The second-order valence-corrected chi connectivity index (χ2v) is 9.23. The molecule has 0 spiro atoms. The molecule has 0 aliphatic heterocycles. The van der Waals surface area contributed by atoms with Gasteiger partial charge in [-0.25, -0.2) is 4.39 Å². The highest BCUT2D eigenvalue weighted by molar-refractivity contribution is 5.45. The molecular weight excluding hydrogens is 433 g/mol. The van der Waals surface area contributed by atoms with Crippen LogP contribution in [-0.2, 0) is 11.2 Å². The van der Waals surface area contributed by atoms with Gasteiger partial charge in [-0.05, 0) is 79.3 Å². The number of ether oxygens (including phenoxy) is 1. The second kappa shape index (κ2) is 15.5. The fourth-order valence-corrected chi connectivity index (χ4v) is 4.25. The van der Waals surface area contributed by atoms with Crippen molar-refractivity contribution in [2.75, 3.05) is 27.8 Å². The van der Waals surface area contributed by atoms with Gasteiger partial charge in [0.1, 0.15) is 11.6 Å². The van der Waals surface area contributed by atoms with Crippen LogP contribution in [0.15, 0.2) is 42.5 Å². The van der Waals surface area contributed by atoms with E-state index in [0.717, 1.165) is 43.4 Å². The Morgan fingerprint density at radius 2 is 1.79 bits per heavy atom. The van der Waals surface area contributed by atoms with E-state index in [2.05, 4.69) is 26.0 Å². The molecule has 1 amide bonds. The molecule has 3 rings (SSSR count). The molecule has 0 bridgehead atoms. The molecule has 6 heteroatoms. The summed E-state index contributed by atoms with van der Waals surface area (Å²) in [6.07, 6.45) is 4.19. The molecule has 0 saturated heterocycles. The zero-order valence-corrected chi connectivity index (χ0v) is 21.5. The minimum Gasteiger partial charge on any atom is -0.496 e. The molecule has 2 aromatic carbocycles. The Morgan fingerprint density at radius 1 is 1.18 bits per heavy atom. The first-order valence-corrected chi connectivity index (χ1v) is 12.0. The number of hydrogen-bond acceptors (Lipinski definition) is 4. The molecule has 1 fully saturated rings. The Kier molecular flexibility index (Phi) is 13.5. The Bertz CT molecular complexity index is 841. The van der Waals surface area contributed by atoms with Crippen molar-refractivity contribution in [1.82, 2.24) is 4.90 Å². The molecule has 1 aliphatic rings. The number of carbonyl (C=O) groups is 1. The Hall–Kier alpha value is -2.44. The smallest absolute Gasteiger partial charge is 0.209 e. The van der Waals surface area contributed by atoms with Crippen molar-refractivity contribution in [2.24, 2.45) is 11.8 Å². The molecule has 2 aromatic rings. The molecule has 4 atom stereocenters. The summed E-state index contributed by atoms with van der Waals surface area (Å²) in [6.45, 7) is 6.42. The number of amides is 1. The number of hydrogen-bond donors (Lipinski definition) is 2. The number of aryl methyl sites for hydroxylation is 2. The zero-order valence-electron chi connectivity index (χ0n) is 21.5. The number of aliphatic hydroxyl groups excluding tert-OH is 2. The molecule has 1 aliphatic carbocycles. The summed E-state index contributed by atoms with van der Waals surface area (Å²) < 4.78 is 18.1. The lowest BCUT2D eigenvalue weighted by Gasteiger charge is -2.24. The molecule has 5 nitrogen and oxygen atoms in total. The normalized spacial score (nSPS) is 19.7. The van der Waals surface area contributed by atoms with Crippen LogP contribution in [-0.4, -0.2) is 55.4 Å². The van der Waals surface area contributed by atoms with Gasteiger partial charge < -0.3 is 19.8 Å². The molecule has 1 saturated carbocycles. The first-order valence-electron chi connectivity index (χ1n) is 12.0. The van der Waals surface area contributed by atoms with Gasteiger partial charge in [0, 0.05) is 26.6 Å². The minimum atomic E-state index is -0.341. The third kappa shape index (κ3) is 9.82. The van der Waals surface area contributed by atoms with Gasteiger partial charge in [0.05, 0.1) is 13.2 Å². The van der Waals surface area contributed by atoms with E-state index < -0.39 is 0 Å². The maximum Gasteiger partial charge on any atom is 0.209 e. The van der Waals surface area contributed by atoms with Gasteiger partial charge >= 0.3 is 0 Å². The highest BCUT2D eigenvalue weighted by Gasteiger charge is 2.36. The first-order chi connectivity index (χ1) is 16.2. The maximum absolute atomic E-state index is 12.9. The molecule has 190 valence electrons. The zero-order chi connectivity index (χ0) is 25.7. The van der Waals surface area contributed by atoms with Crippen molar-refractivity contribution >= 4 is 6.41 Å². The van der Waals surface area contributed by atoms with E-state index in [1.807, 2.05) is 13.0 Å². The second-order valence-electron chi connectivity index (χ2n) is 9.23. The van der Waals surface area contributed by atoms with E-state index in [1.54, 1.807) is 33.3 Å². The summed E-state index contributed by atoms with van der Waals surface area (Å²) in [6, 6.07) is 12.7. The van der Waals surface area contributed by atoms with E-state index >= 15 is 0 Å². The number of halogens is 1. The third-order valence-electron chi connectivity index (χ3n) is 6.11. The van der Waals surface area contributed by atoms with Crippen molar-refractivity contribution in [3.63, 3.8) is 0 Å². The summed E-state index contributed by atoms with van der Waals surface area (Å²) in [5.41, 5.74) is 3.59. The standard InChI is InChI=1S/C15H21FO2.C10H14O.C3H7NO/c1-10(9-17)8-12-4-7-14(18)15(12)11-2-5-13(16)6-3-11;1-4-9-5-6-10(11-3)8(2)7-9;1-4(2)3-5/h2-3,5-6,10,12,14-15,17-18H,4,7-9H2,1H3;5-7H,4H2,1-3H3;3H,1-2H3/t10?,12?,14?,15-;;/m0../s1. The molecule has 0 heterocycles. The Morgan fingerprint density at radius 3 is 2.26 bits per heavy atom.